The molecule has 0 atom stereocenters. The fourth-order valence-electron chi connectivity index (χ4n) is 1.57. The molecule has 0 radical (unpaired) electrons. The predicted octanol–water partition coefficient (Wildman–Crippen LogP) is 0.309. The first-order valence-corrected chi connectivity index (χ1v) is 5.16. The monoisotopic (exact) mass is 233 g/mol. The van der Waals surface area contributed by atoms with Crippen LogP contribution in [-0.4, -0.2) is 27.0 Å². The number of nitrogens with one attached hydrogen (secondary N) is 1. The summed E-state index contributed by atoms with van der Waals surface area (Å²) in [6.07, 6.45) is 1.94. The molecule has 2 heterocycles. The minimum Gasteiger partial charge on any atom is -0.368 e. The number of nitrogen functional groups attached to an aromatic ring is 2. The topological polar surface area (TPSA) is 110 Å². The maximum absolute atomic E-state index is 5.52. The summed E-state index contributed by atoms with van der Waals surface area (Å²) in [6.45, 7) is 2.68. The Morgan fingerprint density at radius 2 is 1.88 bits per heavy atom. The SMILES string of the molecule is Cc1cc(CN(C)c2nc(N)nc(N)n2)c[nH]1. The van der Waals surface area contributed by atoms with Crippen LogP contribution in [0.15, 0.2) is 12.3 Å². The van der Waals surface area contributed by atoms with Crippen LogP contribution < -0.4 is 16.4 Å². The highest BCUT2D eigenvalue weighted by atomic mass is 15.3. The van der Waals surface area contributed by atoms with Crippen molar-refractivity contribution in [3.05, 3.63) is 23.5 Å². The van der Waals surface area contributed by atoms with E-state index in [1.54, 1.807) is 0 Å². The molecule has 5 N–H and O–H groups in total. The third kappa shape index (κ3) is 2.63. The normalized spacial score (nSPS) is 10.5. The predicted molar refractivity (Wildman–Crippen MR) is 66.3 cm³/mol. The molecule has 0 fully saturated rings. The summed E-state index contributed by atoms with van der Waals surface area (Å²) in [5, 5.41) is 0. The minimum atomic E-state index is 0.129. The average Bonchev–Trinajstić information content (AvgIpc) is 2.62. The number of nitrogens with two attached hydrogens (primary N) is 2. The van der Waals surface area contributed by atoms with Gasteiger partial charge in [-0.15, -0.1) is 0 Å². The molecule has 2 rings (SSSR count). The summed E-state index contributed by atoms with van der Waals surface area (Å²) in [5.74, 6) is 0.725. The molecule has 2 aromatic rings. The van der Waals surface area contributed by atoms with E-state index >= 15 is 0 Å². The van der Waals surface area contributed by atoms with E-state index in [0.29, 0.717) is 12.5 Å². The van der Waals surface area contributed by atoms with Crippen molar-refractivity contribution in [1.82, 2.24) is 19.9 Å². The van der Waals surface area contributed by atoms with Gasteiger partial charge in [-0.2, -0.15) is 15.0 Å². The lowest BCUT2D eigenvalue weighted by Crippen LogP contribution is -2.20. The molecular formula is C10H15N7. The summed E-state index contributed by atoms with van der Waals surface area (Å²) in [6, 6.07) is 2.06. The Bertz CT molecular complexity index is 499. The highest BCUT2D eigenvalue weighted by Crippen LogP contribution is 2.12. The largest absolute Gasteiger partial charge is 0.368 e. The van der Waals surface area contributed by atoms with Crippen molar-refractivity contribution in [3.8, 4) is 0 Å². The molecule has 0 aliphatic rings. The van der Waals surface area contributed by atoms with Crippen molar-refractivity contribution in [3.63, 3.8) is 0 Å². The Labute approximate surface area is 98.9 Å². The van der Waals surface area contributed by atoms with Gasteiger partial charge in [0.2, 0.25) is 17.8 Å². The molecule has 0 saturated heterocycles. The number of rotatable bonds is 3. The van der Waals surface area contributed by atoms with Crippen LogP contribution in [0.1, 0.15) is 11.3 Å². The maximum Gasteiger partial charge on any atom is 0.231 e. The molecule has 0 aromatic carbocycles. The molecule has 17 heavy (non-hydrogen) atoms. The van der Waals surface area contributed by atoms with Crippen molar-refractivity contribution < 1.29 is 0 Å². The van der Waals surface area contributed by atoms with Crippen LogP contribution in [0.25, 0.3) is 0 Å². The van der Waals surface area contributed by atoms with Gasteiger partial charge < -0.3 is 21.4 Å². The molecule has 0 aliphatic carbocycles. The van der Waals surface area contributed by atoms with Crippen LogP contribution >= 0.6 is 0 Å². The lowest BCUT2D eigenvalue weighted by Gasteiger charge is -2.16. The Hall–Kier alpha value is -2.31. The zero-order chi connectivity index (χ0) is 12.4. The second-order valence-electron chi connectivity index (χ2n) is 3.90. The fourth-order valence-corrected chi connectivity index (χ4v) is 1.57. The first-order chi connectivity index (χ1) is 8.04. The molecule has 90 valence electrons. The summed E-state index contributed by atoms with van der Waals surface area (Å²) >= 11 is 0. The van der Waals surface area contributed by atoms with Gasteiger partial charge in [-0.1, -0.05) is 0 Å². The lowest BCUT2D eigenvalue weighted by molar-refractivity contribution is 0.861. The molecule has 0 spiro atoms. The van der Waals surface area contributed by atoms with E-state index < -0.39 is 0 Å². The summed E-state index contributed by atoms with van der Waals surface area (Å²) in [5.41, 5.74) is 13.3. The average molecular weight is 233 g/mol. The number of aryl methyl sites for hydroxylation is 1. The Morgan fingerprint density at radius 1 is 1.24 bits per heavy atom. The molecular weight excluding hydrogens is 218 g/mol. The third-order valence-electron chi connectivity index (χ3n) is 2.31. The molecule has 0 aliphatic heterocycles. The van der Waals surface area contributed by atoms with Crippen LogP contribution in [-0.2, 0) is 6.54 Å². The zero-order valence-corrected chi connectivity index (χ0v) is 9.81. The first-order valence-electron chi connectivity index (χ1n) is 5.16. The second-order valence-corrected chi connectivity index (χ2v) is 3.90. The minimum absolute atomic E-state index is 0.129. The number of hydrogen-bond donors (Lipinski definition) is 3. The molecule has 7 heteroatoms. The molecule has 0 bridgehead atoms. The number of anilines is 3. The van der Waals surface area contributed by atoms with Crippen LogP contribution in [0.2, 0.25) is 0 Å². The van der Waals surface area contributed by atoms with E-state index in [0.717, 1.165) is 11.3 Å². The standard InChI is InChI=1S/C10H15N7/c1-6-3-7(4-13-6)5-17(2)10-15-8(11)14-9(12)16-10/h3-4,13H,5H2,1-2H3,(H4,11,12,14,15,16). The second kappa shape index (κ2) is 4.28. The molecule has 0 saturated carbocycles. The van der Waals surface area contributed by atoms with E-state index in [9.17, 15) is 0 Å². The molecule has 0 unspecified atom stereocenters. The van der Waals surface area contributed by atoms with Crippen LogP contribution in [0.5, 0.6) is 0 Å². The van der Waals surface area contributed by atoms with Gasteiger partial charge in [-0.25, -0.2) is 0 Å². The van der Waals surface area contributed by atoms with Crippen molar-refractivity contribution in [2.24, 2.45) is 0 Å². The van der Waals surface area contributed by atoms with E-state index in [-0.39, 0.29) is 11.9 Å². The van der Waals surface area contributed by atoms with Gasteiger partial charge in [0.1, 0.15) is 0 Å². The van der Waals surface area contributed by atoms with Gasteiger partial charge in [0.15, 0.2) is 0 Å². The van der Waals surface area contributed by atoms with E-state index in [1.165, 1.54) is 0 Å². The Balaban J connectivity index is 2.16. The van der Waals surface area contributed by atoms with Gasteiger partial charge in [-0.3, -0.25) is 0 Å². The fraction of sp³-hybridized carbons (Fsp3) is 0.300. The summed E-state index contributed by atoms with van der Waals surface area (Å²) < 4.78 is 0. The first kappa shape index (κ1) is 11.2. The summed E-state index contributed by atoms with van der Waals surface area (Å²) in [4.78, 5) is 16.8. The number of nitrogens with zero attached hydrogens (tertiary/aromatic N) is 4. The highest BCUT2D eigenvalue weighted by molar-refractivity contribution is 5.39. The van der Waals surface area contributed by atoms with Crippen molar-refractivity contribution in [2.75, 3.05) is 23.4 Å². The summed E-state index contributed by atoms with van der Waals surface area (Å²) in [7, 11) is 1.87. The maximum atomic E-state index is 5.52. The van der Waals surface area contributed by atoms with Crippen molar-refractivity contribution >= 4 is 17.8 Å². The van der Waals surface area contributed by atoms with Crippen LogP contribution in [0, 0.1) is 6.92 Å². The zero-order valence-electron chi connectivity index (χ0n) is 9.81. The number of hydrogen-bond acceptors (Lipinski definition) is 6. The highest BCUT2D eigenvalue weighted by Gasteiger charge is 2.08. The molecule has 7 nitrogen and oxygen atoms in total. The van der Waals surface area contributed by atoms with Crippen LogP contribution in [0.3, 0.4) is 0 Å². The van der Waals surface area contributed by atoms with Gasteiger partial charge >= 0.3 is 0 Å². The Morgan fingerprint density at radius 3 is 2.41 bits per heavy atom. The van der Waals surface area contributed by atoms with Gasteiger partial charge in [0.25, 0.3) is 0 Å². The Kier molecular flexibility index (Phi) is 2.82. The van der Waals surface area contributed by atoms with Crippen LogP contribution in [0.4, 0.5) is 17.8 Å². The lowest BCUT2D eigenvalue weighted by atomic mass is 10.3. The van der Waals surface area contributed by atoms with Gasteiger partial charge in [0.05, 0.1) is 0 Å². The smallest absolute Gasteiger partial charge is 0.231 e. The van der Waals surface area contributed by atoms with E-state index in [4.69, 9.17) is 11.5 Å². The number of aromatic nitrogens is 4. The van der Waals surface area contributed by atoms with Crippen molar-refractivity contribution in [2.45, 2.75) is 13.5 Å². The quantitative estimate of drug-likeness (QED) is 0.703. The van der Waals surface area contributed by atoms with Gasteiger partial charge in [-0.05, 0) is 18.6 Å². The number of H-pyrrole nitrogens is 1. The van der Waals surface area contributed by atoms with E-state index in [1.807, 2.05) is 25.1 Å². The van der Waals surface area contributed by atoms with E-state index in [2.05, 4.69) is 26.0 Å². The van der Waals surface area contributed by atoms with Gasteiger partial charge in [0, 0.05) is 25.5 Å². The molecule has 0 amide bonds. The third-order valence-corrected chi connectivity index (χ3v) is 2.31. The number of aromatic amines is 1. The molecule has 2 aromatic heterocycles. The van der Waals surface area contributed by atoms with Crippen molar-refractivity contribution in [1.29, 1.82) is 0 Å².